The van der Waals surface area contributed by atoms with Gasteiger partial charge in [0.15, 0.2) is 5.13 Å². The zero-order chi connectivity index (χ0) is 29.0. The van der Waals surface area contributed by atoms with E-state index in [4.69, 9.17) is 19.2 Å². The third kappa shape index (κ3) is 6.51. The van der Waals surface area contributed by atoms with Gasteiger partial charge in [-0.15, -0.1) is 0 Å². The second-order valence-corrected chi connectivity index (χ2v) is 13.4. The highest BCUT2D eigenvalue weighted by molar-refractivity contribution is 7.89. The summed E-state index contributed by atoms with van der Waals surface area (Å²) in [5.41, 5.74) is 1.04. The molecule has 2 saturated heterocycles. The Hall–Kier alpha value is -2.77. The Balaban J connectivity index is 1.41. The normalized spacial score (nSPS) is 17.5. The van der Waals surface area contributed by atoms with Crippen LogP contribution in [0.15, 0.2) is 41.3 Å². The van der Waals surface area contributed by atoms with Crippen molar-refractivity contribution in [1.29, 1.82) is 0 Å². The second-order valence-electron chi connectivity index (χ2n) is 10.5. The number of methoxy groups -OCH3 is 2. The monoisotopic (exact) mass is 602 g/mol. The van der Waals surface area contributed by atoms with Crippen LogP contribution in [-0.4, -0.2) is 95.2 Å². The van der Waals surface area contributed by atoms with Gasteiger partial charge in [-0.25, -0.2) is 13.4 Å². The van der Waals surface area contributed by atoms with Gasteiger partial charge in [0.1, 0.15) is 21.7 Å². The number of piperidine rings is 1. The number of aromatic nitrogens is 1. The van der Waals surface area contributed by atoms with Gasteiger partial charge in [0.25, 0.3) is 5.91 Å². The van der Waals surface area contributed by atoms with Crippen LogP contribution in [0.1, 0.15) is 36.5 Å². The number of anilines is 1. The minimum atomic E-state index is -3.61. The van der Waals surface area contributed by atoms with E-state index in [1.807, 2.05) is 6.07 Å². The van der Waals surface area contributed by atoms with E-state index < -0.39 is 10.0 Å². The standard InChI is InChI=1S/C29H38N4O6S2/c1-21-11-15-32(16-12-21)41(35,36)23-7-5-22(6-8-23)28(34)33(14-4-13-31-17-19-39-20-18-31)29-30-26-24(37-2)9-10-25(38-3)27(26)40-29/h5-10,21H,4,11-20H2,1-3H3. The molecule has 10 nitrogen and oxygen atoms in total. The molecule has 0 bridgehead atoms. The highest BCUT2D eigenvalue weighted by atomic mass is 32.2. The Morgan fingerprint density at radius 2 is 1.68 bits per heavy atom. The van der Waals surface area contributed by atoms with Crippen molar-refractivity contribution < 1.29 is 27.4 Å². The maximum absolute atomic E-state index is 13.9. The molecule has 3 heterocycles. The first-order valence-corrected chi connectivity index (χ1v) is 16.3. The fraction of sp³-hybridized carbons (Fsp3) is 0.517. The van der Waals surface area contributed by atoms with Crippen LogP contribution in [0.5, 0.6) is 11.5 Å². The molecule has 41 heavy (non-hydrogen) atoms. The number of fused-ring (bicyclic) bond motifs is 1. The summed E-state index contributed by atoms with van der Waals surface area (Å²) in [4.78, 5) is 23.0. The number of ether oxygens (including phenoxy) is 3. The van der Waals surface area contributed by atoms with Gasteiger partial charge in [-0.3, -0.25) is 14.6 Å². The number of hydrogen-bond acceptors (Lipinski definition) is 9. The Morgan fingerprint density at radius 3 is 2.34 bits per heavy atom. The maximum Gasteiger partial charge on any atom is 0.260 e. The molecule has 5 rings (SSSR count). The SMILES string of the molecule is COc1ccc(OC)c2sc(N(CCCN3CCOCC3)C(=O)c3ccc(S(=O)(=O)N4CCC(C)CC4)cc3)nc12. The van der Waals surface area contributed by atoms with Crippen molar-refractivity contribution in [3.8, 4) is 11.5 Å². The highest BCUT2D eigenvalue weighted by Crippen LogP contribution is 2.40. The molecule has 0 aliphatic carbocycles. The van der Waals surface area contributed by atoms with Crippen LogP contribution in [-0.2, 0) is 14.8 Å². The third-order valence-electron chi connectivity index (χ3n) is 7.82. The Labute approximate surface area is 245 Å². The smallest absolute Gasteiger partial charge is 0.260 e. The second kappa shape index (κ2) is 13.0. The highest BCUT2D eigenvalue weighted by Gasteiger charge is 2.29. The Bertz CT molecular complexity index is 1400. The average Bonchev–Trinajstić information content (AvgIpc) is 3.44. The van der Waals surface area contributed by atoms with Crippen molar-refractivity contribution in [2.24, 2.45) is 5.92 Å². The molecule has 2 fully saturated rings. The molecule has 0 unspecified atom stereocenters. The lowest BCUT2D eigenvalue weighted by molar-refractivity contribution is 0.0376. The fourth-order valence-electron chi connectivity index (χ4n) is 5.25. The predicted molar refractivity (Wildman–Crippen MR) is 160 cm³/mol. The molecule has 12 heteroatoms. The number of amides is 1. The van der Waals surface area contributed by atoms with Crippen LogP contribution in [0, 0.1) is 5.92 Å². The van der Waals surface area contributed by atoms with Gasteiger partial charge in [-0.2, -0.15) is 4.31 Å². The van der Waals surface area contributed by atoms with E-state index in [0.29, 0.717) is 66.5 Å². The van der Waals surface area contributed by atoms with Crippen molar-refractivity contribution >= 4 is 42.6 Å². The van der Waals surface area contributed by atoms with Crippen LogP contribution in [0.3, 0.4) is 0 Å². The number of morpholine rings is 1. The average molecular weight is 603 g/mol. The van der Waals surface area contributed by atoms with Gasteiger partial charge >= 0.3 is 0 Å². The van der Waals surface area contributed by atoms with Crippen molar-refractivity contribution in [2.75, 3.05) is 71.6 Å². The van der Waals surface area contributed by atoms with Gasteiger partial charge in [-0.05, 0) is 61.6 Å². The molecular weight excluding hydrogens is 564 g/mol. The molecule has 0 saturated carbocycles. The van der Waals surface area contributed by atoms with Crippen molar-refractivity contribution in [2.45, 2.75) is 31.1 Å². The van der Waals surface area contributed by atoms with E-state index in [2.05, 4.69) is 11.8 Å². The van der Waals surface area contributed by atoms with Crippen LogP contribution < -0.4 is 14.4 Å². The quantitative estimate of drug-likeness (QED) is 0.342. The lowest BCUT2D eigenvalue weighted by atomic mass is 10.0. The fourth-order valence-corrected chi connectivity index (χ4v) is 7.82. The summed E-state index contributed by atoms with van der Waals surface area (Å²) in [6.45, 7) is 7.64. The Kier molecular flexibility index (Phi) is 9.45. The minimum Gasteiger partial charge on any atom is -0.495 e. The van der Waals surface area contributed by atoms with Gasteiger partial charge in [0, 0.05) is 44.8 Å². The third-order valence-corrected chi connectivity index (χ3v) is 10.8. The number of hydrogen-bond donors (Lipinski definition) is 0. The van der Waals surface area contributed by atoms with Crippen LogP contribution in [0.4, 0.5) is 5.13 Å². The molecule has 0 atom stereocenters. The largest absolute Gasteiger partial charge is 0.495 e. The maximum atomic E-state index is 13.9. The molecule has 2 aliphatic heterocycles. The molecular formula is C29H38N4O6S2. The molecule has 3 aromatic rings. The lowest BCUT2D eigenvalue weighted by Gasteiger charge is -2.29. The minimum absolute atomic E-state index is 0.205. The van der Waals surface area contributed by atoms with E-state index in [1.54, 1.807) is 41.6 Å². The molecule has 2 aromatic carbocycles. The molecule has 2 aliphatic rings. The van der Waals surface area contributed by atoms with Gasteiger partial charge < -0.3 is 14.2 Å². The summed E-state index contributed by atoms with van der Waals surface area (Å²) in [7, 11) is -0.413. The molecule has 1 amide bonds. The van der Waals surface area contributed by atoms with Crippen LogP contribution >= 0.6 is 11.3 Å². The number of thiazole rings is 1. The van der Waals surface area contributed by atoms with E-state index in [9.17, 15) is 13.2 Å². The number of nitrogens with zero attached hydrogens (tertiary/aromatic N) is 4. The van der Waals surface area contributed by atoms with Crippen LogP contribution in [0.25, 0.3) is 10.2 Å². The molecule has 1 aromatic heterocycles. The molecule has 222 valence electrons. The number of benzene rings is 2. The zero-order valence-corrected chi connectivity index (χ0v) is 25.5. The summed E-state index contributed by atoms with van der Waals surface area (Å²) in [6, 6.07) is 9.91. The number of rotatable bonds is 10. The van der Waals surface area contributed by atoms with E-state index in [1.165, 1.54) is 23.5 Å². The number of carbonyl (C=O) groups excluding carboxylic acids is 1. The Morgan fingerprint density at radius 1 is 1.02 bits per heavy atom. The first-order valence-electron chi connectivity index (χ1n) is 14.1. The topological polar surface area (TPSA) is 102 Å². The van der Waals surface area contributed by atoms with E-state index >= 15 is 0 Å². The molecule has 0 spiro atoms. The lowest BCUT2D eigenvalue weighted by Crippen LogP contribution is -2.39. The summed E-state index contributed by atoms with van der Waals surface area (Å²) in [6.07, 6.45) is 2.45. The zero-order valence-electron chi connectivity index (χ0n) is 23.9. The first kappa shape index (κ1) is 29.7. The molecule has 0 radical (unpaired) electrons. The van der Waals surface area contributed by atoms with Crippen molar-refractivity contribution in [1.82, 2.24) is 14.2 Å². The first-order chi connectivity index (χ1) is 19.8. The predicted octanol–water partition coefficient (Wildman–Crippen LogP) is 4.10. The van der Waals surface area contributed by atoms with Crippen molar-refractivity contribution in [3.63, 3.8) is 0 Å². The number of sulfonamides is 1. The van der Waals surface area contributed by atoms with Gasteiger partial charge in [0.05, 0.1) is 32.3 Å². The van der Waals surface area contributed by atoms with E-state index in [0.717, 1.165) is 43.6 Å². The van der Waals surface area contributed by atoms with Gasteiger partial charge in [0.2, 0.25) is 10.0 Å². The summed E-state index contributed by atoms with van der Waals surface area (Å²) in [5.74, 6) is 1.55. The molecule has 0 N–H and O–H groups in total. The summed E-state index contributed by atoms with van der Waals surface area (Å²) >= 11 is 1.37. The van der Waals surface area contributed by atoms with Gasteiger partial charge in [-0.1, -0.05) is 18.3 Å². The summed E-state index contributed by atoms with van der Waals surface area (Å²) < 4.78 is 45.3. The number of carbonyl (C=O) groups is 1. The van der Waals surface area contributed by atoms with E-state index in [-0.39, 0.29) is 10.8 Å². The summed E-state index contributed by atoms with van der Waals surface area (Å²) in [5, 5.41) is 0.536. The van der Waals surface area contributed by atoms with Crippen LogP contribution in [0.2, 0.25) is 0 Å². The van der Waals surface area contributed by atoms with Crippen molar-refractivity contribution in [3.05, 3.63) is 42.0 Å².